The minimum Gasteiger partial charge on any atom is -0.497 e. The topological polar surface area (TPSA) is 76.4 Å². The van der Waals surface area contributed by atoms with Gasteiger partial charge in [-0.25, -0.2) is 4.98 Å². The van der Waals surface area contributed by atoms with Crippen LogP contribution >= 0.6 is 28.1 Å². The van der Waals surface area contributed by atoms with Crippen molar-refractivity contribution in [3.63, 3.8) is 0 Å². The maximum Gasteiger partial charge on any atom is 0.257 e. The van der Waals surface area contributed by atoms with Crippen LogP contribution in [-0.2, 0) is 0 Å². The van der Waals surface area contributed by atoms with Gasteiger partial charge in [-0.2, -0.15) is 0 Å². The van der Waals surface area contributed by atoms with Gasteiger partial charge in [0.2, 0.25) is 5.89 Å². The summed E-state index contributed by atoms with van der Waals surface area (Å²) < 4.78 is 11.9. The first kappa shape index (κ1) is 20.1. The molecular formula is C22H16BrN3O3S. The van der Waals surface area contributed by atoms with E-state index in [4.69, 9.17) is 21.4 Å². The number of aromatic nitrogens is 1. The number of nitrogens with zero attached hydrogens (tertiary/aromatic N) is 1. The lowest BCUT2D eigenvalue weighted by atomic mass is 10.2. The zero-order valence-electron chi connectivity index (χ0n) is 15.8. The third-order valence-electron chi connectivity index (χ3n) is 4.32. The Morgan fingerprint density at radius 3 is 2.50 bits per heavy atom. The number of rotatable bonds is 4. The van der Waals surface area contributed by atoms with E-state index in [1.165, 1.54) is 0 Å². The fourth-order valence-corrected chi connectivity index (χ4v) is 3.28. The third kappa shape index (κ3) is 4.50. The molecule has 2 N–H and O–H groups in total. The number of benzene rings is 3. The van der Waals surface area contributed by atoms with Gasteiger partial charge in [0.25, 0.3) is 5.91 Å². The number of carbonyl (C=O) groups excluding carboxylic acids is 1. The van der Waals surface area contributed by atoms with Crippen molar-refractivity contribution in [2.75, 3.05) is 12.4 Å². The highest BCUT2D eigenvalue weighted by atomic mass is 79.9. The van der Waals surface area contributed by atoms with Gasteiger partial charge in [0.15, 0.2) is 10.7 Å². The zero-order valence-corrected chi connectivity index (χ0v) is 18.2. The highest BCUT2D eigenvalue weighted by Crippen LogP contribution is 2.27. The van der Waals surface area contributed by atoms with Gasteiger partial charge in [-0.1, -0.05) is 15.9 Å². The molecule has 0 unspecified atom stereocenters. The highest BCUT2D eigenvalue weighted by molar-refractivity contribution is 9.10. The third-order valence-corrected chi connectivity index (χ3v) is 5.05. The van der Waals surface area contributed by atoms with Crippen LogP contribution in [0.15, 0.2) is 75.6 Å². The summed E-state index contributed by atoms with van der Waals surface area (Å²) in [5.74, 6) is 0.986. The molecule has 0 aliphatic carbocycles. The van der Waals surface area contributed by atoms with Crippen molar-refractivity contribution in [1.82, 2.24) is 10.3 Å². The lowest BCUT2D eigenvalue weighted by Gasteiger charge is -2.09. The lowest BCUT2D eigenvalue weighted by molar-refractivity contribution is 0.0977. The number of hydrogen-bond acceptors (Lipinski definition) is 5. The van der Waals surface area contributed by atoms with E-state index in [2.05, 4.69) is 31.5 Å². The van der Waals surface area contributed by atoms with Crippen LogP contribution in [-0.4, -0.2) is 23.1 Å². The van der Waals surface area contributed by atoms with Crippen LogP contribution in [0.3, 0.4) is 0 Å². The Hall–Kier alpha value is -3.23. The molecule has 0 aliphatic heterocycles. The average molecular weight is 482 g/mol. The van der Waals surface area contributed by atoms with E-state index >= 15 is 0 Å². The second-order valence-electron chi connectivity index (χ2n) is 6.35. The zero-order chi connectivity index (χ0) is 21.1. The van der Waals surface area contributed by atoms with Crippen LogP contribution in [0, 0.1) is 0 Å². The van der Waals surface area contributed by atoms with Gasteiger partial charge in [0.1, 0.15) is 11.3 Å². The maximum atomic E-state index is 12.3. The maximum absolute atomic E-state index is 12.3. The number of methoxy groups -OCH3 is 1. The lowest BCUT2D eigenvalue weighted by Crippen LogP contribution is -2.34. The van der Waals surface area contributed by atoms with E-state index in [-0.39, 0.29) is 11.0 Å². The number of ether oxygens (including phenoxy) is 1. The second-order valence-corrected chi connectivity index (χ2v) is 7.67. The van der Waals surface area contributed by atoms with E-state index in [0.29, 0.717) is 28.2 Å². The molecule has 1 aromatic heterocycles. The van der Waals surface area contributed by atoms with Gasteiger partial charge in [-0.15, -0.1) is 0 Å². The molecule has 6 nitrogen and oxygen atoms in total. The summed E-state index contributed by atoms with van der Waals surface area (Å²) in [4.78, 5) is 16.8. The van der Waals surface area contributed by atoms with Crippen LogP contribution in [0.25, 0.3) is 22.6 Å². The van der Waals surface area contributed by atoms with E-state index in [1.807, 2.05) is 36.4 Å². The fraction of sp³-hybridized carbons (Fsp3) is 0.0455. The van der Waals surface area contributed by atoms with Gasteiger partial charge < -0.3 is 14.5 Å². The Morgan fingerprint density at radius 1 is 1.07 bits per heavy atom. The molecule has 0 saturated heterocycles. The van der Waals surface area contributed by atoms with Crippen molar-refractivity contribution in [1.29, 1.82) is 0 Å². The van der Waals surface area contributed by atoms with Gasteiger partial charge >= 0.3 is 0 Å². The largest absolute Gasteiger partial charge is 0.497 e. The summed E-state index contributed by atoms with van der Waals surface area (Å²) in [6, 6.07) is 19.9. The molecule has 0 aliphatic rings. The minimum atomic E-state index is -0.288. The van der Waals surface area contributed by atoms with Gasteiger partial charge in [-0.3, -0.25) is 10.1 Å². The van der Waals surface area contributed by atoms with Crippen molar-refractivity contribution < 1.29 is 13.9 Å². The Labute approximate surface area is 186 Å². The number of halogens is 1. The standard InChI is InChI=1S/C22H16BrN3O3S/c1-28-17-9-4-14(5-10-17)21-25-18-12-16(8-11-19(18)29-21)24-22(30)26-20(27)13-2-6-15(23)7-3-13/h2-12H,1H3,(H2,24,26,27,30). The van der Waals surface area contributed by atoms with Gasteiger partial charge in [-0.05, 0) is 78.9 Å². The van der Waals surface area contributed by atoms with E-state index in [9.17, 15) is 4.79 Å². The van der Waals surface area contributed by atoms with E-state index < -0.39 is 0 Å². The quantitative estimate of drug-likeness (QED) is 0.380. The van der Waals surface area contributed by atoms with Crippen LogP contribution in [0.4, 0.5) is 5.69 Å². The summed E-state index contributed by atoms with van der Waals surface area (Å²) in [6.45, 7) is 0. The van der Waals surface area contributed by atoms with Gasteiger partial charge in [0.05, 0.1) is 7.11 Å². The molecule has 1 heterocycles. The molecule has 0 fully saturated rings. The van der Waals surface area contributed by atoms with Crippen molar-refractivity contribution in [3.8, 4) is 17.2 Å². The molecule has 1 amide bonds. The van der Waals surface area contributed by atoms with Crippen LogP contribution in [0.5, 0.6) is 5.75 Å². The minimum absolute atomic E-state index is 0.196. The normalized spacial score (nSPS) is 10.6. The predicted octanol–water partition coefficient (Wildman–Crippen LogP) is 5.39. The smallest absolute Gasteiger partial charge is 0.257 e. The number of thiocarbonyl (C=S) groups is 1. The van der Waals surface area contributed by atoms with Crippen LogP contribution in [0.1, 0.15) is 10.4 Å². The van der Waals surface area contributed by atoms with Crippen LogP contribution < -0.4 is 15.4 Å². The Morgan fingerprint density at radius 2 is 1.80 bits per heavy atom. The predicted molar refractivity (Wildman–Crippen MR) is 124 cm³/mol. The van der Waals surface area contributed by atoms with Crippen molar-refractivity contribution in [2.45, 2.75) is 0 Å². The number of nitrogens with one attached hydrogen (secondary N) is 2. The fourth-order valence-electron chi connectivity index (χ4n) is 2.80. The first-order chi connectivity index (χ1) is 14.5. The molecule has 0 spiro atoms. The summed E-state index contributed by atoms with van der Waals surface area (Å²) in [5.41, 5.74) is 3.37. The first-order valence-corrected chi connectivity index (χ1v) is 10.1. The number of anilines is 1. The first-order valence-electron chi connectivity index (χ1n) is 8.95. The van der Waals surface area contributed by atoms with Crippen molar-refractivity contribution in [3.05, 3.63) is 76.8 Å². The summed E-state index contributed by atoms with van der Waals surface area (Å²) >= 11 is 8.60. The van der Waals surface area contributed by atoms with E-state index in [0.717, 1.165) is 15.8 Å². The molecule has 4 aromatic rings. The molecule has 30 heavy (non-hydrogen) atoms. The summed E-state index contributed by atoms with van der Waals surface area (Å²) in [5, 5.41) is 5.86. The molecule has 0 bridgehead atoms. The monoisotopic (exact) mass is 481 g/mol. The van der Waals surface area contributed by atoms with Gasteiger partial charge in [0, 0.05) is 21.3 Å². The number of amides is 1. The second kappa shape index (κ2) is 8.64. The highest BCUT2D eigenvalue weighted by Gasteiger charge is 2.11. The molecular weight excluding hydrogens is 466 g/mol. The summed E-state index contributed by atoms with van der Waals surface area (Å²) in [6.07, 6.45) is 0. The Balaban J connectivity index is 1.47. The summed E-state index contributed by atoms with van der Waals surface area (Å²) in [7, 11) is 1.62. The molecule has 0 saturated carbocycles. The Bertz CT molecular complexity index is 1220. The van der Waals surface area contributed by atoms with E-state index in [1.54, 1.807) is 37.4 Å². The van der Waals surface area contributed by atoms with Crippen LogP contribution in [0.2, 0.25) is 0 Å². The SMILES string of the molecule is COc1ccc(-c2nc3cc(NC(=S)NC(=O)c4ccc(Br)cc4)ccc3o2)cc1. The van der Waals surface area contributed by atoms with Crippen molar-refractivity contribution >= 4 is 56.0 Å². The molecule has 4 rings (SSSR count). The average Bonchev–Trinajstić information content (AvgIpc) is 3.17. The number of hydrogen-bond donors (Lipinski definition) is 2. The molecule has 8 heteroatoms. The molecule has 0 radical (unpaired) electrons. The number of fused-ring (bicyclic) bond motifs is 1. The molecule has 0 atom stereocenters. The number of oxazole rings is 1. The number of carbonyl (C=O) groups is 1. The van der Waals surface area contributed by atoms with Crippen molar-refractivity contribution in [2.24, 2.45) is 0 Å². The molecule has 3 aromatic carbocycles. The molecule has 150 valence electrons. The Kier molecular flexibility index (Phi) is 5.78.